The molecule has 1 aromatic heterocycles. The molecule has 3 rings (SSSR count). The first-order chi connectivity index (χ1) is 14.4. The van der Waals surface area contributed by atoms with Gasteiger partial charge < -0.3 is 19.9 Å². The summed E-state index contributed by atoms with van der Waals surface area (Å²) in [6.45, 7) is 2.23. The lowest BCUT2D eigenvalue weighted by Crippen LogP contribution is -2.49. The van der Waals surface area contributed by atoms with E-state index in [2.05, 4.69) is 15.2 Å². The molecule has 0 saturated carbocycles. The number of anilines is 1. The van der Waals surface area contributed by atoms with Gasteiger partial charge in [-0.3, -0.25) is 9.59 Å². The molecule has 9 nitrogen and oxygen atoms in total. The fourth-order valence-electron chi connectivity index (χ4n) is 3.30. The number of piperazine rings is 1. The van der Waals surface area contributed by atoms with Crippen LogP contribution in [-0.4, -0.2) is 69.2 Å². The highest BCUT2D eigenvalue weighted by Crippen LogP contribution is 2.21. The molecule has 0 unspecified atom stereocenters. The minimum Gasteiger partial charge on any atom is -0.497 e. The molecule has 0 atom stereocenters. The first-order valence-corrected chi connectivity index (χ1v) is 11.3. The van der Waals surface area contributed by atoms with Crippen molar-refractivity contribution in [2.45, 2.75) is 6.42 Å². The summed E-state index contributed by atoms with van der Waals surface area (Å²) in [5.41, 5.74) is 0.568. The number of hydrogen-bond donors (Lipinski definition) is 2. The third-order valence-corrected chi connectivity index (χ3v) is 6.95. The zero-order valence-corrected chi connectivity index (χ0v) is 17.7. The third-order valence-electron chi connectivity index (χ3n) is 5.00. The quantitative estimate of drug-likeness (QED) is 0.590. The molecule has 0 bridgehead atoms. The fraction of sp³-hybridized carbons (Fsp3) is 0.400. The average molecular weight is 435 g/mol. The van der Waals surface area contributed by atoms with E-state index in [1.165, 1.54) is 16.6 Å². The maximum atomic E-state index is 12.6. The lowest BCUT2D eigenvalue weighted by molar-refractivity contribution is 0.0952. The van der Waals surface area contributed by atoms with Gasteiger partial charge in [-0.2, -0.15) is 4.31 Å². The minimum atomic E-state index is -3.40. The number of sulfonamides is 1. The number of aromatic nitrogens is 1. The van der Waals surface area contributed by atoms with Crippen molar-refractivity contribution >= 4 is 21.6 Å². The first-order valence-electron chi connectivity index (χ1n) is 9.73. The van der Waals surface area contributed by atoms with E-state index in [1.807, 2.05) is 24.3 Å². The Kier molecular flexibility index (Phi) is 7.11. The fourth-order valence-corrected chi connectivity index (χ4v) is 4.79. The van der Waals surface area contributed by atoms with Crippen LogP contribution in [0.1, 0.15) is 16.8 Å². The molecule has 0 radical (unpaired) electrons. The van der Waals surface area contributed by atoms with Crippen LogP contribution in [0.5, 0.6) is 5.75 Å². The topological polar surface area (TPSA) is 112 Å². The number of methoxy groups -OCH3 is 1. The van der Waals surface area contributed by atoms with Crippen LogP contribution in [0.15, 0.2) is 47.4 Å². The molecule has 0 aliphatic carbocycles. The van der Waals surface area contributed by atoms with Crippen molar-refractivity contribution in [2.75, 3.05) is 50.5 Å². The standard InChI is InChI=1S/C20H26N4O5S/c1-29-17-7-5-16(6-8-17)23-11-13-24(14-12-23)30(27,28)15-3-10-22-20(26)18-4-2-9-21-19(18)25/h2,4-9H,3,10-15H2,1H3,(H,21,25)(H,22,26). The number of nitrogens with one attached hydrogen (secondary N) is 2. The van der Waals surface area contributed by atoms with Crippen LogP contribution in [0, 0.1) is 0 Å². The van der Waals surface area contributed by atoms with E-state index in [0.29, 0.717) is 26.2 Å². The van der Waals surface area contributed by atoms with Crippen molar-refractivity contribution in [3.63, 3.8) is 0 Å². The second-order valence-electron chi connectivity index (χ2n) is 6.92. The Hall–Kier alpha value is -2.85. The van der Waals surface area contributed by atoms with E-state index >= 15 is 0 Å². The number of amides is 1. The van der Waals surface area contributed by atoms with Gasteiger partial charge in [0.25, 0.3) is 11.5 Å². The summed E-state index contributed by atoms with van der Waals surface area (Å²) in [6.07, 6.45) is 1.72. The van der Waals surface area contributed by atoms with Crippen LogP contribution in [-0.2, 0) is 10.0 Å². The molecule has 1 aliphatic heterocycles. The van der Waals surface area contributed by atoms with E-state index < -0.39 is 21.5 Å². The predicted octanol–water partition coefficient (Wildman–Crippen LogP) is 0.655. The van der Waals surface area contributed by atoms with Crippen molar-refractivity contribution in [3.8, 4) is 5.75 Å². The number of nitrogens with zero attached hydrogens (tertiary/aromatic N) is 2. The second kappa shape index (κ2) is 9.77. The van der Waals surface area contributed by atoms with Crippen molar-refractivity contribution < 1.29 is 17.9 Å². The van der Waals surface area contributed by atoms with Gasteiger partial charge in [0.1, 0.15) is 11.3 Å². The molecule has 2 heterocycles. The van der Waals surface area contributed by atoms with E-state index in [9.17, 15) is 18.0 Å². The Balaban J connectivity index is 1.44. The summed E-state index contributed by atoms with van der Waals surface area (Å²) < 4.78 is 31.9. The number of hydrogen-bond acceptors (Lipinski definition) is 6. The Labute approximate surface area is 175 Å². The minimum absolute atomic E-state index is 0.00927. The van der Waals surface area contributed by atoms with Crippen molar-refractivity contribution in [1.82, 2.24) is 14.6 Å². The van der Waals surface area contributed by atoms with Crippen molar-refractivity contribution in [1.29, 1.82) is 0 Å². The average Bonchev–Trinajstić information content (AvgIpc) is 2.77. The number of aromatic amines is 1. The second-order valence-corrected chi connectivity index (χ2v) is 9.01. The van der Waals surface area contributed by atoms with Gasteiger partial charge in [0.05, 0.1) is 12.9 Å². The molecule has 162 valence electrons. The van der Waals surface area contributed by atoms with Gasteiger partial charge in [-0.05, 0) is 42.8 Å². The van der Waals surface area contributed by atoms with Crippen LogP contribution >= 0.6 is 0 Å². The normalized spacial score (nSPS) is 15.0. The number of pyridine rings is 1. The highest BCUT2D eigenvalue weighted by atomic mass is 32.2. The van der Waals surface area contributed by atoms with Gasteiger partial charge >= 0.3 is 0 Å². The van der Waals surface area contributed by atoms with E-state index in [1.54, 1.807) is 13.2 Å². The Morgan fingerprint density at radius 1 is 1.13 bits per heavy atom. The lowest BCUT2D eigenvalue weighted by Gasteiger charge is -2.35. The van der Waals surface area contributed by atoms with E-state index in [0.717, 1.165) is 11.4 Å². The van der Waals surface area contributed by atoms with E-state index in [-0.39, 0.29) is 24.3 Å². The van der Waals surface area contributed by atoms with Gasteiger partial charge in [-0.25, -0.2) is 8.42 Å². The number of ether oxygens (including phenoxy) is 1. The summed E-state index contributed by atoms with van der Waals surface area (Å²) in [5, 5.41) is 2.59. The van der Waals surface area contributed by atoms with Crippen LogP contribution in [0.2, 0.25) is 0 Å². The number of H-pyrrole nitrogens is 1. The van der Waals surface area contributed by atoms with Gasteiger partial charge in [0.2, 0.25) is 10.0 Å². The van der Waals surface area contributed by atoms with Crippen molar-refractivity contribution in [2.24, 2.45) is 0 Å². The smallest absolute Gasteiger partial charge is 0.260 e. The number of carbonyl (C=O) groups excluding carboxylic acids is 1. The monoisotopic (exact) mass is 434 g/mol. The molecule has 30 heavy (non-hydrogen) atoms. The highest BCUT2D eigenvalue weighted by Gasteiger charge is 2.26. The molecular weight excluding hydrogens is 408 g/mol. The zero-order valence-electron chi connectivity index (χ0n) is 16.8. The first kappa shape index (κ1) is 21.8. The van der Waals surface area contributed by atoms with Crippen molar-refractivity contribution in [3.05, 3.63) is 58.5 Å². The van der Waals surface area contributed by atoms with Crippen LogP contribution in [0.25, 0.3) is 0 Å². The molecule has 2 N–H and O–H groups in total. The summed E-state index contributed by atoms with van der Waals surface area (Å²) in [4.78, 5) is 28.2. The molecule has 1 saturated heterocycles. The Bertz CT molecular complexity index is 1010. The molecule has 0 spiro atoms. The summed E-state index contributed by atoms with van der Waals surface area (Å²) in [5.74, 6) is 0.215. The van der Waals surface area contributed by atoms with Gasteiger partial charge in [0.15, 0.2) is 0 Å². The number of rotatable bonds is 8. The molecule has 1 aliphatic rings. The Morgan fingerprint density at radius 2 is 1.83 bits per heavy atom. The molecule has 1 aromatic carbocycles. The third kappa shape index (κ3) is 5.39. The maximum Gasteiger partial charge on any atom is 0.260 e. The van der Waals surface area contributed by atoms with Crippen LogP contribution in [0.3, 0.4) is 0 Å². The lowest BCUT2D eigenvalue weighted by atomic mass is 10.2. The number of benzene rings is 1. The van der Waals surface area contributed by atoms with Gasteiger partial charge in [-0.1, -0.05) is 0 Å². The Morgan fingerprint density at radius 3 is 2.47 bits per heavy atom. The molecule has 1 amide bonds. The van der Waals surface area contributed by atoms with Gasteiger partial charge in [-0.15, -0.1) is 0 Å². The zero-order chi connectivity index (χ0) is 21.6. The largest absolute Gasteiger partial charge is 0.497 e. The molecule has 2 aromatic rings. The summed E-state index contributed by atoms with van der Waals surface area (Å²) in [6, 6.07) is 10.7. The summed E-state index contributed by atoms with van der Waals surface area (Å²) in [7, 11) is -1.79. The molecule has 10 heteroatoms. The highest BCUT2D eigenvalue weighted by molar-refractivity contribution is 7.89. The maximum absolute atomic E-state index is 12.6. The number of carbonyl (C=O) groups is 1. The SMILES string of the molecule is COc1ccc(N2CCN(S(=O)(=O)CCCNC(=O)c3ccc[nH]c3=O)CC2)cc1. The van der Waals surface area contributed by atoms with Crippen LogP contribution in [0.4, 0.5) is 5.69 Å². The van der Waals surface area contributed by atoms with Gasteiger partial charge in [0, 0.05) is 44.6 Å². The summed E-state index contributed by atoms with van der Waals surface area (Å²) >= 11 is 0. The molecule has 1 fully saturated rings. The van der Waals surface area contributed by atoms with E-state index in [4.69, 9.17) is 4.74 Å². The predicted molar refractivity (Wildman–Crippen MR) is 115 cm³/mol. The molecular formula is C20H26N4O5S. The van der Waals surface area contributed by atoms with Crippen LogP contribution < -0.4 is 20.5 Å².